The van der Waals surface area contributed by atoms with Crippen LogP contribution in [0.5, 0.6) is 0 Å². The van der Waals surface area contributed by atoms with Crippen LogP contribution in [0.15, 0.2) is 49.3 Å². The van der Waals surface area contributed by atoms with Crippen LogP contribution in [0, 0.1) is 5.92 Å². The van der Waals surface area contributed by atoms with Gasteiger partial charge in [-0.1, -0.05) is 0 Å². The summed E-state index contributed by atoms with van der Waals surface area (Å²) in [5, 5.41) is 4.24. The van der Waals surface area contributed by atoms with Crippen LogP contribution in [0.2, 0.25) is 0 Å². The summed E-state index contributed by atoms with van der Waals surface area (Å²) in [7, 11) is 0. The number of carbonyl (C=O) groups is 1. The van der Waals surface area contributed by atoms with Crippen LogP contribution in [0.25, 0.3) is 5.82 Å². The first-order chi connectivity index (χ1) is 15.3. The van der Waals surface area contributed by atoms with E-state index in [1.54, 1.807) is 29.6 Å². The number of nitrogens with zero attached hydrogens (tertiary/aromatic N) is 9. The standard InChI is InChI=1S/C21H25N9O/c31-20(27-10-12-28(13-11-27)21-22-5-2-6-23-21)17-4-1-8-29(15-17)18-14-19(25-16-24-18)30-9-3-7-26-30/h2-3,5-7,9,14,16-17H,1,4,8,10-13,15H2. The van der Waals surface area contributed by atoms with Crippen molar-refractivity contribution in [1.29, 1.82) is 0 Å². The maximum atomic E-state index is 13.2. The molecule has 2 saturated heterocycles. The van der Waals surface area contributed by atoms with Crippen molar-refractivity contribution in [2.75, 3.05) is 49.1 Å². The number of piperidine rings is 1. The highest BCUT2D eigenvalue weighted by Gasteiger charge is 2.32. The van der Waals surface area contributed by atoms with E-state index in [-0.39, 0.29) is 11.8 Å². The van der Waals surface area contributed by atoms with Crippen LogP contribution in [-0.4, -0.2) is 79.8 Å². The van der Waals surface area contributed by atoms with Crippen molar-refractivity contribution in [3.05, 3.63) is 49.3 Å². The minimum Gasteiger partial charge on any atom is -0.356 e. The number of amides is 1. The molecule has 0 bridgehead atoms. The molecule has 0 N–H and O–H groups in total. The van der Waals surface area contributed by atoms with Crippen molar-refractivity contribution in [2.24, 2.45) is 5.92 Å². The van der Waals surface area contributed by atoms with Crippen LogP contribution in [0.4, 0.5) is 11.8 Å². The van der Waals surface area contributed by atoms with E-state index in [9.17, 15) is 4.79 Å². The molecule has 0 saturated carbocycles. The molecule has 10 heteroatoms. The minimum absolute atomic E-state index is 0.0172. The highest BCUT2D eigenvalue weighted by atomic mass is 16.2. The molecular weight excluding hydrogens is 394 g/mol. The van der Waals surface area contributed by atoms with Gasteiger partial charge in [0.2, 0.25) is 11.9 Å². The van der Waals surface area contributed by atoms with E-state index in [4.69, 9.17) is 0 Å². The highest BCUT2D eigenvalue weighted by molar-refractivity contribution is 5.80. The van der Waals surface area contributed by atoms with E-state index in [0.29, 0.717) is 19.6 Å². The summed E-state index contributed by atoms with van der Waals surface area (Å²) in [6.07, 6.45) is 10.5. The lowest BCUT2D eigenvalue weighted by atomic mass is 9.96. The third-order valence-electron chi connectivity index (χ3n) is 5.90. The van der Waals surface area contributed by atoms with Crippen molar-refractivity contribution >= 4 is 17.7 Å². The molecule has 0 aromatic carbocycles. The molecule has 0 aliphatic carbocycles. The fourth-order valence-electron chi connectivity index (χ4n) is 4.27. The monoisotopic (exact) mass is 419 g/mol. The molecule has 160 valence electrons. The number of anilines is 2. The fraction of sp³-hybridized carbons (Fsp3) is 0.429. The molecule has 1 atom stereocenters. The van der Waals surface area contributed by atoms with Gasteiger partial charge in [-0.15, -0.1) is 0 Å². The molecule has 0 radical (unpaired) electrons. The minimum atomic E-state index is -0.0172. The van der Waals surface area contributed by atoms with E-state index in [1.807, 2.05) is 29.3 Å². The van der Waals surface area contributed by atoms with E-state index >= 15 is 0 Å². The summed E-state index contributed by atoms with van der Waals surface area (Å²) >= 11 is 0. The Hall–Kier alpha value is -3.56. The third kappa shape index (κ3) is 4.18. The van der Waals surface area contributed by atoms with E-state index in [2.05, 4.69) is 34.8 Å². The number of hydrogen-bond donors (Lipinski definition) is 0. The second-order valence-corrected chi connectivity index (χ2v) is 7.83. The molecule has 0 spiro atoms. The first-order valence-corrected chi connectivity index (χ1v) is 10.7. The van der Waals surface area contributed by atoms with Crippen molar-refractivity contribution in [3.63, 3.8) is 0 Å². The predicted octanol–water partition coefficient (Wildman–Crippen LogP) is 1.02. The van der Waals surface area contributed by atoms with Gasteiger partial charge in [-0.25, -0.2) is 24.6 Å². The Morgan fingerprint density at radius 3 is 2.45 bits per heavy atom. The number of hydrogen-bond acceptors (Lipinski definition) is 8. The normalized spacial score (nSPS) is 19.5. The average molecular weight is 419 g/mol. The lowest BCUT2D eigenvalue weighted by Crippen LogP contribution is -2.53. The Labute approximate surface area is 180 Å². The largest absolute Gasteiger partial charge is 0.356 e. The Kier molecular flexibility index (Phi) is 5.42. The first kappa shape index (κ1) is 19.4. The molecule has 2 fully saturated rings. The Bertz CT molecular complexity index is 1000. The molecular formula is C21H25N9O. The van der Waals surface area contributed by atoms with Gasteiger partial charge >= 0.3 is 0 Å². The van der Waals surface area contributed by atoms with Gasteiger partial charge in [0.1, 0.15) is 12.1 Å². The molecule has 2 aliphatic rings. The summed E-state index contributed by atoms with van der Waals surface area (Å²) < 4.78 is 1.72. The number of carbonyl (C=O) groups excluding carboxylic acids is 1. The number of rotatable bonds is 4. The summed E-state index contributed by atoms with van der Waals surface area (Å²) in [5.41, 5.74) is 0. The topological polar surface area (TPSA) is 96.2 Å². The molecule has 10 nitrogen and oxygen atoms in total. The van der Waals surface area contributed by atoms with Gasteiger partial charge < -0.3 is 14.7 Å². The van der Waals surface area contributed by atoms with Gasteiger partial charge in [0.05, 0.1) is 5.92 Å². The molecule has 5 rings (SSSR count). The SMILES string of the molecule is O=C(C1CCCN(c2cc(-n3cccn3)ncn2)C1)N1CCN(c2ncccn2)CC1. The van der Waals surface area contributed by atoms with Crippen molar-refractivity contribution in [3.8, 4) is 5.82 Å². The molecule has 5 heterocycles. The maximum Gasteiger partial charge on any atom is 0.227 e. The Morgan fingerprint density at radius 2 is 1.68 bits per heavy atom. The zero-order chi connectivity index (χ0) is 21.0. The average Bonchev–Trinajstić information content (AvgIpc) is 3.40. The van der Waals surface area contributed by atoms with E-state index < -0.39 is 0 Å². The van der Waals surface area contributed by atoms with Gasteiger partial charge in [0.25, 0.3) is 0 Å². The van der Waals surface area contributed by atoms with Crippen molar-refractivity contribution in [1.82, 2.24) is 34.6 Å². The molecule has 1 amide bonds. The van der Waals surface area contributed by atoms with Gasteiger partial charge in [0, 0.05) is 70.1 Å². The van der Waals surface area contributed by atoms with Crippen LogP contribution in [0.3, 0.4) is 0 Å². The molecule has 31 heavy (non-hydrogen) atoms. The number of piperazine rings is 1. The van der Waals surface area contributed by atoms with E-state index in [0.717, 1.165) is 50.1 Å². The third-order valence-corrected chi connectivity index (χ3v) is 5.90. The van der Waals surface area contributed by atoms with E-state index in [1.165, 1.54) is 0 Å². The van der Waals surface area contributed by atoms with Crippen LogP contribution in [-0.2, 0) is 4.79 Å². The van der Waals surface area contributed by atoms with Gasteiger partial charge in [0.15, 0.2) is 5.82 Å². The van der Waals surface area contributed by atoms with Crippen molar-refractivity contribution < 1.29 is 4.79 Å². The lowest BCUT2D eigenvalue weighted by Gasteiger charge is -2.39. The van der Waals surface area contributed by atoms with Crippen LogP contribution >= 0.6 is 0 Å². The molecule has 2 aliphatic heterocycles. The highest BCUT2D eigenvalue weighted by Crippen LogP contribution is 2.24. The first-order valence-electron chi connectivity index (χ1n) is 10.7. The summed E-state index contributed by atoms with van der Waals surface area (Å²) in [5.74, 6) is 2.51. The summed E-state index contributed by atoms with van der Waals surface area (Å²) in [4.78, 5) is 36.9. The van der Waals surface area contributed by atoms with Crippen molar-refractivity contribution in [2.45, 2.75) is 12.8 Å². The summed E-state index contributed by atoms with van der Waals surface area (Å²) in [6, 6.07) is 5.60. The molecule has 1 unspecified atom stereocenters. The molecule has 3 aromatic rings. The zero-order valence-electron chi connectivity index (χ0n) is 17.3. The van der Waals surface area contributed by atoms with Crippen LogP contribution in [0.1, 0.15) is 12.8 Å². The maximum absolute atomic E-state index is 13.2. The summed E-state index contributed by atoms with van der Waals surface area (Å²) in [6.45, 7) is 4.47. The number of aromatic nitrogens is 6. The van der Waals surface area contributed by atoms with Gasteiger partial charge in [-0.3, -0.25) is 4.79 Å². The second kappa shape index (κ2) is 8.66. The Morgan fingerprint density at radius 1 is 0.871 bits per heavy atom. The molecule has 3 aromatic heterocycles. The van der Waals surface area contributed by atoms with Gasteiger partial charge in [-0.2, -0.15) is 5.10 Å². The fourth-order valence-corrected chi connectivity index (χ4v) is 4.27. The zero-order valence-corrected chi connectivity index (χ0v) is 17.3. The quantitative estimate of drug-likeness (QED) is 0.618. The predicted molar refractivity (Wildman–Crippen MR) is 115 cm³/mol. The van der Waals surface area contributed by atoms with Gasteiger partial charge in [-0.05, 0) is 25.0 Å². The second-order valence-electron chi connectivity index (χ2n) is 7.83. The van der Waals surface area contributed by atoms with Crippen LogP contribution < -0.4 is 9.80 Å². The lowest BCUT2D eigenvalue weighted by molar-refractivity contribution is -0.136. The Balaban J connectivity index is 1.22. The smallest absolute Gasteiger partial charge is 0.227 e.